The summed E-state index contributed by atoms with van der Waals surface area (Å²) in [5, 5.41) is 0. The number of aliphatic imine (C=N–C) groups is 1. The molecule has 0 saturated heterocycles. The summed E-state index contributed by atoms with van der Waals surface area (Å²) < 4.78 is 0. The van der Waals surface area contributed by atoms with Gasteiger partial charge in [-0.15, -0.1) is 0 Å². The summed E-state index contributed by atoms with van der Waals surface area (Å²) in [5.74, 6) is 0. The second-order valence-electron chi connectivity index (χ2n) is 6.08. The van der Waals surface area contributed by atoms with Crippen LogP contribution >= 0.6 is 0 Å². The molecule has 1 aliphatic rings. The summed E-state index contributed by atoms with van der Waals surface area (Å²) in [4.78, 5) is 3.42. The second-order valence-corrected chi connectivity index (χ2v) is 6.08. The van der Waals surface area contributed by atoms with Gasteiger partial charge in [-0.2, -0.15) is 0 Å². The molecule has 0 unspecified atom stereocenters. The van der Waals surface area contributed by atoms with E-state index >= 15 is 0 Å². The highest BCUT2D eigenvalue weighted by atomic mass is 14.6. The first-order chi connectivity index (χ1) is 12.2. The normalized spacial score (nSPS) is 12.1. The fraction of sp³-hybridized carbons (Fsp3) is 0.292. The molecule has 2 aromatic carbocycles. The maximum atomic E-state index is 3.42. The van der Waals surface area contributed by atoms with E-state index in [9.17, 15) is 0 Å². The lowest BCUT2D eigenvalue weighted by Crippen LogP contribution is -2.02. The van der Waals surface area contributed by atoms with Crippen LogP contribution in [0.5, 0.6) is 0 Å². The molecule has 0 bridgehead atoms. The van der Waals surface area contributed by atoms with Gasteiger partial charge < -0.3 is 0 Å². The van der Waals surface area contributed by atoms with E-state index in [0.29, 0.717) is 0 Å². The largest absolute Gasteiger partial charge is 0.273 e. The van der Waals surface area contributed by atoms with Gasteiger partial charge in [-0.3, -0.25) is 4.99 Å². The molecule has 2 aromatic rings. The van der Waals surface area contributed by atoms with Gasteiger partial charge in [0.2, 0.25) is 0 Å². The van der Waals surface area contributed by atoms with Gasteiger partial charge in [-0.05, 0) is 68.5 Å². The highest BCUT2D eigenvalue weighted by Crippen LogP contribution is 2.22. The van der Waals surface area contributed by atoms with Crippen LogP contribution < -0.4 is 0 Å². The van der Waals surface area contributed by atoms with E-state index in [4.69, 9.17) is 0 Å². The van der Waals surface area contributed by atoms with Crippen molar-refractivity contribution in [2.24, 2.45) is 4.99 Å². The summed E-state index contributed by atoms with van der Waals surface area (Å²) >= 11 is 0. The number of hydrogen-bond acceptors (Lipinski definition) is 1. The zero-order valence-corrected chi connectivity index (χ0v) is 15.7. The predicted octanol–water partition coefficient (Wildman–Crippen LogP) is 6.51. The molecule has 1 heteroatoms. The van der Waals surface area contributed by atoms with Crippen LogP contribution in [0.2, 0.25) is 0 Å². The van der Waals surface area contributed by atoms with Gasteiger partial charge >= 0.3 is 0 Å². The Morgan fingerprint density at radius 3 is 2.16 bits per heavy atom. The molecular weight excluding hydrogens is 302 g/mol. The highest BCUT2D eigenvalue weighted by Gasteiger charge is 2.08. The van der Waals surface area contributed by atoms with E-state index in [1.54, 1.807) is 29.5 Å². The quantitative estimate of drug-likeness (QED) is 0.448. The number of nitrogens with zero attached hydrogens (tertiary/aromatic N) is 1. The Morgan fingerprint density at radius 2 is 1.68 bits per heavy atom. The molecule has 3 rings (SSSR count). The van der Waals surface area contributed by atoms with Crippen molar-refractivity contribution in [2.75, 3.05) is 0 Å². The molecule has 0 saturated carbocycles. The van der Waals surface area contributed by atoms with Gasteiger partial charge in [0.25, 0.3) is 0 Å². The summed E-state index contributed by atoms with van der Waals surface area (Å²) in [6.45, 7) is 10.9. The van der Waals surface area contributed by atoms with E-state index in [2.05, 4.69) is 62.5 Å². The first kappa shape index (κ1) is 20.6. The lowest BCUT2D eigenvalue weighted by molar-refractivity contribution is 0.684. The van der Waals surface area contributed by atoms with Gasteiger partial charge in [0.05, 0.1) is 0 Å². The molecular formula is C24H31N. The van der Waals surface area contributed by atoms with Crippen LogP contribution in [0.4, 0.5) is 0 Å². The van der Waals surface area contributed by atoms with Gasteiger partial charge in [-0.1, -0.05) is 73.7 Å². The van der Waals surface area contributed by atoms with Crippen molar-refractivity contribution in [3.8, 4) is 0 Å². The lowest BCUT2D eigenvalue weighted by atomic mass is 9.90. The first-order valence-electron chi connectivity index (χ1n) is 9.07. The molecule has 0 amide bonds. The fourth-order valence-electron chi connectivity index (χ4n) is 2.66. The van der Waals surface area contributed by atoms with Crippen molar-refractivity contribution in [3.05, 3.63) is 95.7 Å². The Morgan fingerprint density at radius 1 is 1.00 bits per heavy atom. The summed E-state index contributed by atoms with van der Waals surface area (Å²) in [7, 11) is 0. The number of aryl methyl sites for hydroxylation is 4. The second kappa shape index (κ2) is 12.9. The average molecular weight is 334 g/mol. The van der Waals surface area contributed by atoms with Crippen LogP contribution in [0.3, 0.4) is 0 Å². The standard InChI is InChI=1S/C12H16.C7H8.C5H7N/c1-2-10-7-8-11-5-3-4-6-12(11)9-10;1-7-5-3-2-4-6-7;1-3-4-5-6-2/h7-9H,2-6H2,1H3;2-6H,1H3;3-5H,1-2H2/b;;5-4-. The molecule has 0 heterocycles. The maximum Gasteiger partial charge on any atom is 0.0260 e. The van der Waals surface area contributed by atoms with Crippen LogP contribution in [0.1, 0.15) is 42.0 Å². The SMILES string of the molecule is C=C/C=C\N=C.CCc1ccc2c(c1)CCCC2.Cc1ccccc1. The van der Waals surface area contributed by atoms with Gasteiger partial charge in [0, 0.05) is 6.20 Å². The van der Waals surface area contributed by atoms with E-state index in [1.165, 1.54) is 43.2 Å². The number of fused-ring (bicyclic) bond motifs is 1. The zero-order chi connectivity index (χ0) is 18.3. The van der Waals surface area contributed by atoms with E-state index in [1.807, 2.05) is 18.2 Å². The Hall–Kier alpha value is -2.41. The molecule has 0 fully saturated rings. The molecule has 25 heavy (non-hydrogen) atoms. The van der Waals surface area contributed by atoms with Crippen molar-refractivity contribution < 1.29 is 0 Å². The Bertz CT molecular complexity index is 643. The van der Waals surface area contributed by atoms with Crippen LogP contribution in [0.15, 0.2) is 78.5 Å². The van der Waals surface area contributed by atoms with Crippen molar-refractivity contribution in [2.45, 2.75) is 46.0 Å². The first-order valence-corrected chi connectivity index (χ1v) is 9.07. The summed E-state index contributed by atoms with van der Waals surface area (Å²) in [6, 6.07) is 17.3. The van der Waals surface area contributed by atoms with E-state index in [-0.39, 0.29) is 0 Å². The topological polar surface area (TPSA) is 12.4 Å². The van der Waals surface area contributed by atoms with E-state index < -0.39 is 0 Å². The third-order valence-corrected chi connectivity index (χ3v) is 4.09. The molecule has 1 nitrogen and oxygen atoms in total. The molecule has 0 N–H and O–H groups in total. The Balaban J connectivity index is 0.000000207. The monoisotopic (exact) mass is 333 g/mol. The zero-order valence-electron chi connectivity index (χ0n) is 15.7. The van der Waals surface area contributed by atoms with Crippen LogP contribution in [0, 0.1) is 6.92 Å². The maximum absolute atomic E-state index is 3.42. The molecule has 1 aliphatic carbocycles. The summed E-state index contributed by atoms with van der Waals surface area (Å²) in [6.07, 6.45) is 11.5. The minimum absolute atomic E-state index is 1.17. The molecule has 0 radical (unpaired) electrons. The average Bonchev–Trinajstić information content (AvgIpc) is 2.67. The molecule has 0 atom stereocenters. The number of allylic oxidation sites excluding steroid dienone is 2. The van der Waals surface area contributed by atoms with Gasteiger partial charge in [0.1, 0.15) is 0 Å². The molecule has 0 aliphatic heterocycles. The van der Waals surface area contributed by atoms with Crippen molar-refractivity contribution in [1.29, 1.82) is 0 Å². The summed E-state index contributed by atoms with van der Waals surface area (Å²) in [5.41, 5.74) is 6.03. The minimum Gasteiger partial charge on any atom is -0.273 e. The van der Waals surface area contributed by atoms with Gasteiger partial charge in [-0.25, -0.2) is 0 Å². The van der Waals surface area contributed by atoms with Crippen molar-refractivity contribution in [3.63, 3.8) is 0 Å². The van der Waals surface area contributed by atoms with Gasteiger partial charge in [0.15, 0.2) is 0 Å². The predicted molar refractivity (Wildman–Crippen MR) is 113 cm³/mol. The molecule has 0 aromatic heterocycles. The smallest absolute Gasteiger partial charge is 0.0260 e. The third-order valence-electron chi connectivity index (χ3n) is 4.09. The molecule has 0 spiro atoms. The highest BCUT2D eigenvalue weighted by molar-refractivity contribution is 5.33. The fourth-order valence-corrected chi connectivity index (χ4v) is 2.66. The van der Waals surface area contributed by atoms with Crippen molar-refractivity contribution in [1.82, 2.24) is 0 Å². The number of hydrogen-bond donors (Lipinski definition) is 0. The van der Waals surface area contributed by atoms with Crippen LogP contribution in [-0.4, -0.2) is 6.72 Å². The van der Waals surface area contributed by atoms with E-state index in [0.717, 1.165) is 0 Å². The number of benzene rings is 2. The third kappa shape index (κ3) is 8.85. The molecule has 132 valence electrons. The van der Waals surface area contributed by atoms with Crippen molar-refractivity contribution >= 4 is 6.72 Å². The Kier molecular flexibility index (Phi) is 10.7. The number of rotatable bonds is 3. The Labute approximate surface area is 153 Å². The lowest BCUT2D eigenvalue weighted by Gasteiger charge is -2.15. The van der Waals surface area contributed by atoms with Crippen LogP contribution in [-0.2, 0) is 19.3 Å². The van der Waals surface area contributed by atoms with Crippen LogP contribution in [0.25, 0.3) is 0 Å². The minimum atomic E-state index is 1.17.